The lowest BCUT2D eigenvalue weighted by atomic mass is 10.1. The van der Waals surface area contributed by atoms with Crippen molar-refractivity contribution in [2.24, 2.45) is 0 Å². The lowest BCUT2D eigenvalue weighted by molar-refractivity contribution is -0.122. The summed E-state index contributed by atoms with van der Waals surface area (Å²) in [7, 11) is 0. The Hall–Kier alpha value is -1.43. The van der Waals surface area contributed by atoms with Crippen molar-refractivity contribution in [2.45, 2.75) is 32.4 Å². The minimum atomic E-state index is -0.0101. The Balaban J connectivity index is 0.00000176. The fraction of sp³-hybridized carbons (Fsp3) is 0.375. The molecule has 1 aliphatic heterocycles. The second kappa shape index (κ2) is 7.72. The molecule has 118 valence electrons. The molecule has 3 rings (SSSR count). The summed E-state index contributed by atoms with van der Waals surface area (Å²) in [5, 5.41) is 6.20. The standard InChI is InChI=1S/C16H19N3OS.ClH/c1-11-15(21-10-19-11)13-6-4-12(5-7-13)9-18-16(20)14-3-2-8-17-14;/h4-7,10,14,17H,2-3,8-9H2,1H3,(H,18,20);1H. The number of aryl methyl sites for hydroxylation is 1. The zero-order valence-corrected chi connectivity index (χ0v) is 14.1. The van der Waals surface area contributed by atoms with Crippen molar-refractivity contribution in [3.8, 4) is 10.4 Å². The molecule has 1 saturated heterocycles. The first kappa shape index (κ1) is 16.9. The number of aromatic nitrogens is 1. The van der Waals surface area contributed by atoms with Crippen molar-refractivity contribution in [1.82, 2.24) is 15.6 Å². The molecule has 1 unspecified atom stereocenters. The van der Waals surface area contributed by atoms with E-state index in [1.54, 1.807) is 11.3 Å². The second-order valence-electron chi connectivity index (χ2n) is 5.33. The maximum absolute atomic E-state index is 11.9. The quantitative estimate of drug-likeness (QED) is 0.902. The maximum Gasteiger partial charge on any atom is 0.237 e. The smallest absolute Gasteiger partial charge is 0.237 e. The number of thiazole rings is 1. The van der Waals surface area contributed by atoms with Gasteiger partial charge >= 0.3 is 0 Å². The summed E-state index contributed by atoms with van der Waals surface area (Å²) in [6.45, 7) is 3.55. The number of hydrogen-bond acceptors (Lipinski definition) is 4. The van der Waals surface area contributed by atoms with Gasteiger partial charge in [-0.15, -0.1) is 23.7 Å². The Morgan fingerprint density at radius 3 is 2.77 bits per heavy atom. The molecule has 4 nitrogen and oxygen atoms in total. The van der Waals surface area contributed by atoms with Crippen molar-refractivity contribution < 1.29 is 4.79 Å². The van der Waals surface area contributed by atoms with Gasteiger partial charge in [0.2, 0.25) is 5.91 Å². The largest absolute Gasteiger partial charge is 0.351 e. The monoisotopic (exact) mass is 337 g/mol. The molecule has 2 N–H and O–H groups in total. The Kier molecular flexibility index (Phi) is 5.94. The molecule has 22 heavy (non-hydrogen) atoms. The van der Waals surface area contributed by atoms with E-state index in [0.717, 1.165) is 30.6 Å². The minimum absolute atomic E-state index is 0. The highest BCUT2D eigenvalue weighted by Crippen LogP contribution is 2.27. The van der Waals surface area contributed by atoms with Crippen LogP contribution in [-0.4, -0.2) is 23.5 Å². The van der Waals surface area contributed by atoms with Crippen LogP contribution in [-0.2, 0) is 11.3 Å². The summed E-state index contributed by atoms with van der Waals surface area (Å²) in [6.07, 6.45) is 2.02. The fourth-order valence-electron chi connectivity index (χ4n) is 2.57. The Morgan fingerprint density at radius 2 is 2.18 bits per heavy atom. The van der Waals surface area contributed by atoms with Crippen LogP contribution in [0.3, 0.4) is 0 Å². The van der Waals surface area contributed by atoms with Gasteiger partial charge in [-0.25, -0.2) is 4.98 Å². The molecule has 2 heterocycles. The Bertz CT molecular complexity index is 621. The lowest BCUT2D eigenvalue weighted by Crippen LogP contribution is -2.39. The molecule has 0 spiro atoms. The number of rotatable bonds is 4. The normalized spacial score (nSPS) is 17.0. The van der Waals surface area contributed by atoms with E-state index in [-0.39, 0.29) is 24.4 Å². The topological polar surface area (TPSA) is 54.0 Å². The van der Waals surface area contributed by atoms with Gasteiger partial charge in [0.05, 0.1) is 22.1 Å². The van der Waals surface area contributed by atoms with Crippen molar-refractivity contribution >= 4 is 29.7 Å². The number of nitrogens with one attached hydrogen (secondary N) is 2. The predicted octanol–water partition coefficient (Wildman–Crippen LogP) is 2.91. The molecule has 6 heteroatoms. The predicted molar refractivity (Wildman–Crippen MR) is 92.4 cm³/mol. The average molecular weight is 338 g/mol. The number of halogens is 1. The van der Waals surface area contributed by atoms with E-state index in [1.807, 2.05) is 12.4 Å². The van der Waals surface area contributed by atoms with Gasteiger partial charge in [0.25, 0.3) is 0 Å². The van der Waals surface area contributed by atoms with E-state index in [4.69, 9.17) is 0 Å². The number of amides is 1. The van der Waals surface area contributed by atoms with E-state index in [0.29, 0.717) is 6.54 Å². The number of benzene rings is 1. The lowest BCUT2D eigenvalue weighted by Gasteiger charge is -2.11. The SMILES string of the molecule is Cc1ncsc1-c1ccc(CNC(=O)C2CCCN2)cc1.Cl. The first-order valence-corrected chi connectivity index (χ1v) is 8.12. The Labute approximate surface area is 140 Å². The van der Waals surface area contributed by atoms with Gasteiger partial charge in [-0.3, -0.25) is 4.79 Å². The van der Waals surface area contributed by atoms with E-state index >= 15 is 0 Å². The molecular formula is C16H20ClN3OS. The zero-order valence-electron chi connectivity index (χ0n) is 12.5. The van der Waals surface area contributed by atoms with Gasteiger partial charge in [0.15, 0.2) is 0 Å². The van der Waals surface area contributed by atoms with Crippen molar-refractivity contribution in [3.05, 3.63) is 41.0 Å². The molecule has 0 radical (unpaired) electrons. The zero-order chi connectivity index (χ0) is 14.7. The van der Waals surface area contributed by atoms with Gasteiger partial charge in [-0.1, -0.05) is 24.3 Å². The van der Waals surface area contributed by atoms with Crippen LogP contribution in [0.1, 0.15) is 24.1 Å². The van der Waals surface area contributed by atoms with Crippen LogP contribution < -0.4 is 10.6 Å². The molecule has 0 bridgehead atoms. The maximum atomic E-state index is 11.9. The summed E-state index contributed by atoms with van der Waals surface area (Å²) in [4.78, 5) is 17.4. The highest BCUT2D eigenvalue weighted by molar-refractivity contribution is 7.13. The number of hydrogen-bond donors (Lipinski definition) is 2. The number of carbonyl (C=O) groups excluding carboxylic acids is 1. The molecule has 1 aromatic heterocycles. The molecule has 2 aromatic rings. The summed E-state index contributed by atoms with van der Waals surface area (Å²) < 4.78 is 0. The molecule has 1 aromatic carbocycles. The third kappa shape index (κ3) is 3.85. The highest BCUT2D eigenvalue weighted by atomic mass is 35.5. The van der Waals surface area contributed by atoms with Gasteiger partial charge in [0, 0.05) is 6.54 Å². The van der Waals surface area contributed by atoms with Crippen LogP contribution in [0, 0.1) is 6.92 Å². The number of nitrogens with zero attached hydrogens (tertiary/aromatic N) is 1. The fourth-order valence-corrected chi connectivity index (χ4v) is 3.39. The molecule has 0 aliphatic carbocycles. The van der Waals surface area contributed by atoms with Crippen LogP contribution in [0.5, 0.6) is 0 Å². The van der Waals surface area contributed by atoms with Gasteiger partial charge in [-0.05, 0) is 37.4 Å². The second-order valence-corrected chi connectivity index (χ2v) is 6.19. The van der Waals surface area contributed by atoms with Crippen LogP contribution in [0.15, 0.2) is 29.8 Å². The molecule has 0 saturated carbocycles. The van der Waals surface area contributed by atoms with E-state index in [1.165, 1.54) is 10.4 Å². The van der Waals surface area contributed by atoms with E-state index in [2.05, 4.69) is 39.9 Å². The minimum Gasteiger partial charge on any atom is -0.351 e. The van der Waals surface area contributed by atoms with Crippen LogP contribution >= 0.6 is 23.7 Å². The average Bonchev–Trinajstić information content (AvgIpc) is 3.17. The third-order valence-corrected chi connectivity index (χ3v) is 4.78. The van der Waals surface area contributed by atoms with Crippen LogP contribution in [0.4, 0.5) is 0 Å². The van der Waals surface area contributed by atoms with E-state index in [9.17, 15) is 4.79 Å². The molecule has 1 fully saturated rings. The first-order chi connectivity index (χ1) is 10.2. The number of carbonyl (C=O) groups is 1. The van der Waals surface area contributed by atoms with Crippen LogP contribution in [0.25, 0.3) is 10.4 Å². The van der Waals surface area contributed by atoms with Crippen molar-refractivity contribution in [2.75, 3.05) is 6.54 Å². The molecule has 1 atom stereocenters. The molecule has 1 aliphatic rings. The summed E-state index contributed by atoms with van der Waals surface area (Å²) in [6, 6.07) is 8.31. The van der Waals surface area contributed by atoms with Gasteiger partial charge in [0.1, 0.15) is 0 Å². The summed E-state index contributed by atoms with van der Waals surface area (Å²) in [5.41, 5.74) is 5.23. The highest BCUT2D eigenvalue weighted by Gasteiger charge is 2.21. The van der Waals surface area contributed by atoms with E-state index < -0.39 is 0 Å². The van der Waals surface area contributed by atoms with Crippen molar-refractivity contribution in [1.29, 1.82) is 0 Å². The first-order valence-electron chi connectivity index (χ1n) is 7.24. The van der Waals surface area contributed by atoms with Gasteiger partial charge < -0.3 is 10.6 Å². The summed E-state index contributed by atoms with van der Waals surface area (Å²) in [5.74, 6) is 0.106. The Morgan fingerprint density at radius 1 is 1.41 bits per heavy atom. The van der Waals surface area contributed by atoms with Gasteiger partial charge in [-0.2, -0.15) is 0 Å². The van der Waals surface area contributed by atoms with Crippen molar-refractivity contribution in [3.63, 3.8) is 0 Å². The third-order valence-electron chi connectivity index (χ3n) is 3.81. The molecular weight excluding hydrogens is 318 g/mol. The summed E-state index contributed by atoms with van der Waals surface area (Å²) >= 11 is 1.65. The molecule has 1 amide bonds. The van der Waals surface area contributed by atoms with Crippen LogP contribution in [0.2, 0.25) is 0 Å².